The van der Waals surface area contributed by atoms with Crippen molar-refractivity contribution >= 4 is 10.0 Å². The average Bonchev–Trinajstić information content (AvgIpc) is 2.83. The van der Waals surface area contributed by atoms with Crippen molar-refractivity contribution in [1.82, 2.24) is 9.62 Å². The molecule has 3 rings (SSSR count). The second-order valence-corrected chi connectivity index (χ2v) is 7.54. The van der Waals surface area contributed by atoms with Gasteiger partial charge in [0.05, 0.1) is 4.90 Å². The van der Waals surface area contributed by atoms with Crippen LogP contribution in [-0.2, 0) is 10.0 Å². The SMILES string of the molecule is Cc1cccc(S(=O)(=O)N2CC3CCCNC3C2)c1. The molecule has 2 heterocycles. The summed E-state index contributed by atoms with van der Waals surface area (Å²) in [6.07, 6.45) is 2.29. The summed E-state index contributed by atoms with van der Waals surface area (Å²) in [7, 11) is -3.33. The zero-order valence-corrected chi connectivity index (χ0v) is 12.0. The molecule has 2 atom stereocenters. The van der Waals surface area contributed by atoms with Gasteiger partial charge in [0, 0.05) is 19.1 Å². The van der Waals surface area contributed by atoms with Crippen LogP contribution in [-0.4, -0.2) is 38.4 Å². The molecule has 0 radical (unpaired) electrons. The smallest absolute Gasteiger partial charge is 0.243 e. The Morgan fingerprint density at radius 1 is 1.32 bits per heavy atom. The lowest BCUT2D eigenvalue weighted by Crippen LogP contribution is -2.41. The fourth-order valence-corrected chi connectivity index (χ4v) is 4.76. The molecule has 1 aromatic rings. The molecule has 0 aliphatic carbocycles. The maximum Gasteiger partial charge on any atom is 0.243 e. The minimum Gasteiger partial charge on any atom is -0.312 e. The van der Waals surface area contributed by atoms with Crippen LogP contribution in [0, 0.1) is 12.8 Å². The molecule has 1 N–H and O–H groups in total. The minimum atomic E-state index is -3.33. The molecule has 2 fully saturated rings. The Morgan fingerprint density at radius 3 is 2.89 bits per heavy atom. The number of hydrogen-bond donors (Lipinski definition) is 1. The molecular weight excluding hydrogens is 260 g/mol. The highest BCUT2D eigenvalue weighted by atomic mass is 32.2. The van der Waals surface area contributed by atoms with E-state index in [4.69, 9.17) is 0 Å². The van der Waals surface area contributed by atoms with E-state index in [1.165, 1.54) is 0 Å². The number of hydrogen-bond acceptors (Lipinski definition) is 3. The number of nitrogens with one attached hydrogen (secondary N) is 1. The molecule has 0 bridgehead atoms. The Labute approximate surface area is 114 Å². The standard InChI is InChI=1S/C14H20N2O2S/c1-11-4-2-6-13(8-11)19(17,18)16-9-12-5-3-7-15-14(12)10-16/h2,4,6,8,12,14-15H,3,5,7,9-10H2,1H3. The third-order valence-electron chi connectivity index (χ3n) is 4.19. The van der Waals surface area contributed by atoms with Crippen LogP contribution in [0.1, 0.15) is 18.4 Å². The van der Waals surface area contributed by atoms with Crippen LogP contribution in [0.25, 0.3) is 0 Å². The summed E-state index contributed by atoms with van der Waals surface area (Å²) in [4.78, 5) is 0.422. The first-order valence-corrected chi connectivity index (χ1v) is 8.31. The van der Waals surface area contributed by atoms with E-state index < -0.39 is 10.0 Å². The van der Waals surface area contributed by atoms with E-state index in [-0.39, 0.29) is 0 Å². The van der Waals surface area contributed by atoms with E-state index in [2.05, 4.69) is 5.32 Å². The molecule has 2 aliphatic heterocycles. The Morgan fingerprint density at radius 2 is 2.16 bits per heavy atom. The van der Waals surface area contributed by atoms with Gasteiger partial charge in [-0.15, -0.1) is 0 Å². The monoisotopic (exact) mass is 280 g/mol. The molecule has 2 saturated heterocycles. The van der Waals surface area contributed by atoms with Crippen LogP contribution in [0.2, 0.25) is 0 Å². The van der Waals surface area contributed by atoms with Crippen molar-refractivity contribution in [3.05, 3.63) is 29.8 Å². The van der Waals surface area contributed by atoms with Crippen molar-refractivity contribution in [2.45, 2.75) is 30.7 Å². The molecular formula is C14H20N2O2S. The molecule has 5 heteroatoms. The van der Waals surface area contributed by atoms with Crippen molar-refractivity contribution in [3.8, 4) is 0 Å². The summed E-state index contributed by atoms with van der Waals surface area (Å²) in [6.45, 7) is 4.21. The van der Waals surface area contributed by atoms with E-state index in [0.717, 1.165) is 24.9 Å². The van der Waals surface area contributed by atoms with Gasteiger partial charge in [0.25, 0.3) is 0 Å². The van der Waals surface area contributed by atoms with Gasteiger partial charge in [0.1, 0.15) is 0 Å². The first-order valence-electron chi connectivity index (χ1n) is 6.87. The summed E-state index contributed by atoms with van der Waals surface area (Å²) < 4.78 is 26.9. The predicted octanol–water partition coefficient (Wildman–Crippen LogP) is 1.37. The van der Waals surface area contributed by atoms with E-state index in [0.29, 0.717) is 29.9 Å². The van der Waals surface area contributed by atoms with Crippen LogP contribution < -0.4 is 5.32 Å². The number of nitrogens with zero attached hydrogens (tertiary/aromatic N) is 1. The van der Waals surface area contributed by atoms with Gasteiger partial charge in [0.2, 0.25) is 10.0 Å². The molecule has 2 unspecified atom stereocenters. The van der Waals surface area contributed by atoms with Gasteiger partial charge in [-0.25, -0.2) is 8.42 Å². The lowest BCUT2D eigenvalue weighted by Gasteiger charge is -2.24. The molecule has 0 spiro atoms. The summed E-state index contributed by atoms with van der Waals surface area (Å²) in [5, 5.41) is 3.44. The maximum absolute atomic E-state index is 12.6. The van der Waals surface area contributed by atoms with Gasteiger partial charge in [-0.2, -0.15) is 4.31 Å². The Balaban J connectivity index is 1.85. The van der Waals surface area contributed by atoms with Crippen molar-refractivity contribution in [2.24, 2.45) is 5.92 Å². The van der Waals surface area contributed by atoms with Gasteiger partial charge in [0.15, 0.2) is 0 Å². The largest absolute Gasteiger partial charge is 0.312 e. The molecule has 0 aromatic heterocycles. The highest BCUT2D eigenvalue weighted by molar-refractivity contribution is 7.89. The zero-order chi connectivity index (χ0) is 13.5. The van der Waals surface area contributed by atoms with E-state index in [9.17, 15) is 8.42 Å². The predicted molar refractivity (Wildman–Crippen MR) is 74.5 cm³/mol. The highest BCUT2D eigenvalue weighted by Crippen LogP contribution is 2.29. The third kappa shape index (κ3) is 2.42. The van der Waals surface area contributed by atoms with Gasteiger partial charge in [-0.1, -0.05) is 12.1 Å². The quantitative estimate of drug-likeness (QED) is 0.890. The summed E-state index contributed by atoms with van der Waals surface area (Å²) in [5.41, 5.74) is 0.982. The fourth-order valence-electron chi connectivity index (χ4n) is 3.13. The number of sulfonamides is 1. The minimum absolute atomic E-state index is 0.341. The number of aryl methyl sites for hydroxylation is 1. The van der Waals surface area contributed by atoms with Gasteiger partial charge in [-0.05, 0) is 49.9 Å². The Hall–Kier alpha value is -0.910. The molecule has 0 saturated carbocycles. The van der Waals surface area contributed by atoms with Gasteiger partial charge < -0.3 is 5.32 Å². The van der Waals surface area contributed by atoms with E-state index >= 15 is 0 Å². The topological polar surface area (TPSA) is 49.4 Å². The first kappa shape index (κ1) is 13.1. The van der Waals surface area contributed by atoms with Crippen molar-refractivity contribution in [3.63, 3.8) is 0 Å². The third-order valence-corrected chi connectivity index (χ3v) is 6.02. The molecule has 0 amide bonds. The lowest BCUT2D eigenvalue weighted by molar-refractivity contribution is 0.339. The lowest BCUT2D eigenvalue weighted by atomic mass is 9.94. The highest BCUT2D eigenvalue weighted by Gasteiger charge is 2.40. The number of benzene rings is 1. The number of piperidine rings is 1. The zero-order valence-electron chi connectivity index (χ0n) is 11.2. The van der Waals surface area contributed by atoms with E-state index in [1.807, 2.05) is 19.1 Å². The van der Waals surface area contributed by atoms with Crippen molar-refractivity contribution < 1.29 is 8.42 Å². The van der Waals surface area contributed by atoms with Crippen LogP contribution in [0.5, 0.6) is 0 Å². The molecule has 19 heavy (non-hydrogen) atoms. The summed E-state index contributed by atoms with van der Waals surface area (Å²) >= 11 is 0. The number of fused-ring (bicyclic) bond motifs is 1. The molecule has 2 aliphatic rings. The summed E-state index contributed by atoms with van der Waals surface area (Å²) in [5.74, 6) is 0.480. The van der Waals surface area contributed by atoms with Gasteiger partial charge in [-0.3, -0.25) is 0 Å². The van der Waals surface area contributed by atoms with Gasteiger partial charge >= 0.3 is 0 Å². The normalized spacial score (nSPS) is 28.3. The Kier molecular flexibility index (Phi) is 3.37. The maximum atomic E-state index is 12.6. The Bertz CT molecular complexity index is 557. The average molecular weight is 280 g/mol. The van der Waals surface area contributed by atoms with Crippen LogP contribution in [0.15, 0.2) is 29.2 Å². The summed E-state index contributed by atoms with van der Waals surface area (Å²) in [6, 6.07) is 7.52. The van der Waals surface area contributed by atoms with Crippen molar-refractivity contribution in [1.29, 1.82) is 0 Å². The van der Waals surface area contributed by atoms with E-state index in [1.54, 1.807) is 16.4 Å². The number of rotatable bonds is 2. The molecule has 1 aromatic carbocycles. The fraction of sp³-hybridized carbons (Fsp3) is 0.571. The second-order valence-electron chi connectivity index (χ2n) is 5.60. The van der Waals surface area contributed by atoms with Crippen LogP contribution in [0.3, 0.4) is 0 Å². The van der Waals surface area contributed by atoms with Crippen LogP contribution in [0.4, 0.5) is 0 Å². The first-order chi connectivity index (χ1) is 9.07. The molecule has 4 nitrogen and oxygen atoms in total. The molecule has 104 valence electrons. The second kappa shape index (κ2) is 4.89. The van der Waals surface area contributed by atoms with Crippen LogP contribution >= 0.6 is 0 Å². The van der Waals surface area contributed by atoms with Crippen molar-refractivity contribution in [2.75, 3.05) is 19.6 Å².